The summed E-state index contributed by atoms with van der Waals surface area (Å²) in [7, 11) is -3.30. The van der Waals surface area contributed by atoms with Gasteiger partial charge in [0.1, 0.15) is 0 Å². The minimum atomic E-state index is -3.30. The first-order valence-corrected chi connectivity index (χ1v) is 7.69. The number of aryl methyl sites for hydroxylation is 2. The normalized spacial score (nSPS) is 12.4. The predicted molar refractivity (Wildman–Crippen MR) is 73.4 cm³/mol. The van der Waals surface area contributed by atoms with Crippen LogP contribution in [0.2, 0.25) is 0 Å². The van der Waals surface area contributed by atoms with Crippen molar-refractivity contribution in [3.05, 3.63) is 23.5 Å². The molecule has 0 fully saturated rings. The highest BCUT2D eigenvalue weighted by atomic mass is 31.2. The maximum atomic E-state index is 13.0. The van der Waals surface area contributed by atoms with E-state index in [9.17, 15) is 4.57 Å². The minimum absolute atomic E-state index is 0.165. The van der Waals surface area contributed by atoms with Crippen molar-refractivity contribution in [3.63, 3.8) is 0 Å². The SMILES string of the molecule is Cc1cncc(C)c1P(=O)(OC(C)C)OC(C)C. The molecule has 0 aliphatic rings. The number of hydrogen-bond donors (Lipinski definition) is 0. The molecule has 1 aromatic heterocycles. The Hall–Kier alpha value is -0.700. The summed E-state index contributed by atoms with van der Waals surface area (Å²) in [4.78, 5) is 4.08. The highest BCUT2D eigenvalue weighted by Crippen LogP contribution is 2.50. The van der Waals surface area contributed by atoms with E-state index in [0.717, 1.165) is 11.1 Å². The summed E-state index contributed by atoms with van der Waals surface area (Å²) in [6.07, 6.45) is 3.04. The average molecular weight is 271 g/mol. The van der Waals surface area contributed by atoms with E-state index in [2.05, 4.69) is 4.98 Å². The fourth-order valence-corrected chi connectivity index (χ4v) is 4.16. The Bertz CT molecular complexity index is 423. The molecule has 0 radical (unpaired) electrons. The Morgan fingerprint density at radius 3 is 1.72 bits per heavy atom. The summed E-state index contributed by atoms with van der Waals surface area (Å²) < 4.78 is 24.2. The molecule has 0 aromatic carbocycles. The zero-order chi connectivity index (χ0) is 13.9. The molecule has 0 aliphatic carbocycles. The summed E-state index contributed by atoms with van der Waals surface area (Å²) in [5, 5.41) is 0.639. The van der Waals surface area contributed by atoms with Gasteiger partial charge in [-0.2, -0.15) is 0 Å². The molecule has 0 atom stereocenters. The van der Waals surface area contributed by atoms with Gasteiger partial charge < -0.3 is 9.05 Å². The second-order valence-corrected chi connectivity index (χ2v) is 6.79. The van der Waals surface area contributed by atoms with Gasteiger partial charge in [-0.05, 0) is 52.7 Å². The second kappa shape index (κ2) is 5.96. The van der Waals surface area contributed by atoms with E-state index in [0.29, 0.717) is 5.30 Å². The first kappa shape index (κ1) is 15.4. The van der Waals surface area contributed by atoms with Crippen molar-refractivity contribution >= 4 is 12.9 Å². The van der Waals surface area contributed by atoms with Gasteiger partial charge in [0.15, 0.2) is 0 Å². The number of pyridine rings is 1. The van der Waals surface area contributed by atoms with Crippen molar-refractivity contribution in [2.75, 3.05) is 0 Å². The zero-order valence-electron chi connectivity index (χ0n) is 11.9. The molecule has 0 saturated carbocycles. The zero-order valence-corrected chi connectivity index (χ0v) is 12.8. The van der Waals surface area contributed by atoms with Crippen LogP contribution in [-0.4, -0.2) is 17.2 Å². The van der Waals surface area contributed by atoms with Crippen molar-refractivity contribution in [2.45, 2.75) is 53.8 Å². The molecule has 4 nitrogen and oxygen atoms in total. The molecule has 1 rings (SSSR count). The maximum Gasteiger partial charge on any atom is 0.362 e. The number of rotatable bonds is 5. The summed E-state index contributed by atoms with van der Waals surface area (Å²) in [6.45, 7) is 11.1. The van der Waals surface area contributed by atoms with Crippen LogP contribution in [0.5, 0.6) is 0 Å². The van der Waals surface area contributed by atoms with E-state index in [1.165, 1.54) is 0 Å². The van der Waals surface area contributed by atoms with Crippen LogP contribution in [0.1, 0.15) is 38.8 Å². The van der Waals surface area contributed by atoms with Crippen molar-refractivity contribution in [3.8, 4) is 0 Å². The van der Waals surface area contributed by atoms with E-state index < -0.39 is 7.60 Å². The number of nitrogens with zero attached hydrogens (tertiary/aromatic N) is 1. The average Bonchev–Trinajstić information content (AvgIpc) is 2.13. The fraction of sp³-hybridized carbons (Fsp3) is 0.615. The van der Waals surface area contributed by atoms with Crippen LogP contribution >= 0.6 is 7.60 Å². The predicted octanol–water partition coefficient (Wildman–Crippen LogP) is 3.37. The van der Waals surface area contributed by atoms with E-state index in [1.54, 1.807) is 12.4 Å². The smallest absolute Gasteiger partial charge is 0.302 e. The van der Waals surface area contributed by atoms with Gasteiger partial charge in [0, 0.05) is 12.4 Å². The van der Waals surface area contributed by atoms with Gasteiger partial charge in [0.25, 0.3) is 0 Å². The Labute approximate surface area is 109 Å². The van der Waals surface area contributed by atoms with Crippen molar-refractivity contribution < 1.29 is 13.6 Å². The molecule has 0 aliphatic heterocycles. The summed E-state index contributed by atoms with van der Waals surface area (Å²) in [5.74, 6) is 0. The molecule has 0 amide bonds. The Morgan fingerprint density at radius 1 is 1.00 bits per heavy atom. The number of aromatic nitrogens is 1. The molecule has 102 valence electrons. The van der Waals surface area contributed by atoms with Gasteiger partial charge in [-0.25, -0.2) is 0 Å². The Balaban J connectivity index is 3.30. The lowest BCUT2D eigenvalue weighted by atomic mass is 10.2. The lowest BCUT2D eigenvalue weighted by Gasteiger charge is -2.25. The highest BCUT2D eigenvalue weighted by molar-refractivity contribution is 7.62. The molecule has 1 heterocycles. The van der Waals surface area contributed by atoms with E-state index in [1.807, 2.05) is 41.5 Å². The molecule has 0 unspecified atom stereocenters. The standard InChI is InChI=1S/C13H22NO3P/c1-9(2)16-18(15,17-10(3)4)13-11(5)7-14-8-12(13)6/h7-10H,1-6H3. The van der Waals surface area contributed by atoms with Crippen LogP contribution in [0.15, 0.2) is 12.4 Å². The third kappa shape index (κ3) is 3.64. The fourth-order valence-electron chi connectivity index (χ4n) is 1.81. The van der Waals surface area contributed by atoms with Crippen molar-refractivity contribution in [1.82, 2.24) is 4.98 Å². The lowest BCUT2D eigenvalue weighted by molar-refractivity contribution is 0.150. The van der Waals surface area contributed by atoms with E-state index in [-0.39, 0.29) is 12.2 Å². The molecule has 0 saturated heterocycles. The third-order valence-corrected chi connectivity index (χ3v) is 4.91. The topological polar surface area (TPSA) is 48.4 Å². The molecular formula is C13H22NO3P. The van der Waals surface area contributed by atoms with Gasteiger partial charge >= 0.3 is 7.60 Å². The van der Waals surface area contributed by atoms with Gasteiger partial charge in [0.2, 0.25) is 0 Å². The molecular weight excluding hydrogens is 249 g/mol. The summed E-state index contributed by atoms with van der Waals surface area (Å²) >= 11 is 0. The van der Waals surface area contributed by atoms with Gasteiger partial charge in [-0.1, -0.05) is 0 Å². The van der Waals surface area contributed by atoms with Crippen LogP contribution < -0.4 is 5.30 Å². The molecule has 18 heavy (non-hydrogen) atoms. The van der Waals surface area contributed by atoms with Gasteiger partial charge in [-0.15, -0.1) is 0 Å². The molecule has 0 spiro atoms. The van der Waals surface area contributed by atoms with Gasteiger partial charge in [-0.3, -0.25) is 9.55 Å². The van der Waals surface area contributed by atoms with Crippen LogP contribution in [0.4, 0.5) is 0 Å². The second-order valence-electron chi connectivity index (χ2n) is 4.93. The molecule has 0 N–H and O–H groups in total. The van der Waals surface area contributed by atoms with Gasteiger partial charge in [0.05, 0.1) is 17.5 Å². The van der Waals surface area contributed by atoms with Crippen molar-refractivity contribution in [2.24, 2.45) is 0 Å². The van der Waals surface area contributed by atoms with Crippen LogP contribution in [0, 0.1) is 13.8 Å². The highest BCUT2D eigenvalue weighted by Gasteiger charge is 2.33. The van der Waals surface area contributed by atoms with Crippen LogP contribution in [0.25, 0.3) is 0 Å². The first-order chi connectivity index (χ1) is 8.26. The van der Waals surface area contributed by atoms with E-state index in [4.69, 9.17) is 9.05 Å². The monoisotopic (exact) mass is 271 g/mol. The van der Waals surface area contributed by atoms with Crippen molar-refractivity contribution in [1.29, 1.82) is 0 Å². The maximum absolute atomic E-state index is 13.0. The largest absolute Gasteiger partial charge is 0.362 e. The minimum Gasteiger partial charge on any atom is -0.302 e. The lowest BCUT2D eigenvalue weighted by Crippen LogP contribution is -2.21. The molecule has 1 aromatic rings. The van der Waals surface area contributed by atoms with Crippen LogP contribution in [0.3, 0.4) is 0 Å². The van der Waals surface area contributed by atoms with E-state index >= 15 is 0 Å². The third-order valence-electron chi connectivity index (χ3n) is 2.26. The number of hydrogen-bond acceptors (Lipinski definition) is 4. The summed E-state index contributed by atoms with van der Waals surface area (Å²) in [6, 6.07) is 0. The quantitative estimate of drug-likeness (QED) is 0.770. The van der Waals surface area contributed by atoms with Crippen LogP contribution in [-0.2, 0) is 13.6 Å². The molecule has 5 heteroatoms. The Kier molecular flexibility index (Phi) is 5.09. The Morgan fingerprint density at radius 2 is 1.39 bits per heavy atom. The summed E-state index contributed by atoms with van der Waals surface area (Å²) in [5.41, 5.74) is 1.67. The first-order valence-electron chi connectivity index (χ1n) is 6.15. The molecule has 0 bridgehead atoms.